The van der Waals surface area contributed by atoms with E-state index >= 15 is 0 Å². The molecule has 0 heterocycles. The van der Waals surface area contributed by atoms with Crippen LogP contribution < -0.4 is 5.73 Å². The molecule has 0 bridgehead atoms. The molecule has 0 aliphatic heterocycles. The van der Waals surface area contributed by atoms with E-state index in [4.69, 9.17) is 10.5 Å². The highest BCUT2D eigenvalue weighted by Gasteiger charge is 2.08. The van der Waals surface area contributed by atoms with Crippen LogP contribution in [0.5, 0.6) is 0 Å². The van der Waals surface area contributed by atoms with Crippen LogP contribution in [0.15, 0.2) is 0 Å². The molecule has 0 radical (unpaired) electrons. The van der Waals surface area contributed by atoms with Crippen molar-refractivity contribution in [1.82, 2.24) is 0 Å². The SMILES string of the molecule is CCCCCCC(CC)COC(N)CC. The number of unbranched alkanes of at least 4 members (excludes halogenated alkanes) is 3. The minimum atomic E-state index is -0.0605. The molecule has 0 amide bonds. The van der Waals surface area contributed by atoms with Crippen molar-refractivity contribution in [2.75, 3.05) is 6.61 Å². The number of hydrogen-bond acceptors (Lipinski definition) is 2. The molecule has 2 heteroatoms. The van der Waals surface area contributed by atoms with E-state index in [1.54, 1.807) is 0 Å². The molecule has 2 nitrogen and oxygen atoms in total. The van der Waals surface area contributed by atoms with Gasteiger partial charge in [0.2, 0.25) is 0 Å². The van der Waals surface area contributed by atoms with Crippen LogP contribution in [0, 0.1) is 5.92 Å². The maximum atomic E-state index is 5.73. The summed E-state index contributed by atoms with van der Waals surface area (Å²) in [6, 6.07) is 0. The molecule has 92 valence electrons. The van der Waals surface area contributed by atoms with Crippen molar-refractivity contribution in [3.63, 3.8) is 0 Å². The third kappa shape index (κ3) is 8.88. The lowest BCUT2D eigenvalue weighted by Crippen LogP contribution is -2.25. The van der Waals surface area contributed by atoms with Gasteiger partial charge in [-0.3, -0.25) is 0 Å². The zero-order valence-electron chi connectivity index (χ0n) is 10.8. The molecule has 0 aliphatic rings. The number of nitrogens with two attached hydrogens (primary N) is 1. The molecule has 2 unspecified atom stereocenters. The van der Waals surface area contributed by atoms with Crippen molar-refractivity contribution >= 4 is 0 Å². The summed E-state index contributed by atoms with van der Waals surface area (Å²) < 4.78 is 5.58. The quantitative estimate of drug-likeness (QED) is 0.445. The van der Waals surface area contributed by atoms with Crippen LogP contribution >= 0.6 is 0 Å². The van der Waals surface area contributed by atoms with E-state index in [0.29, 0.717) is 5.92 Å². The van der Waals surface area contributed by atoms with Gasteiger partial charge in [-0.1, -0.05) is 52.9 Å². The topological polar surface area (TPSA) is 35.2 Å². The van der Waals surface area contributed by atoms with Crippen molar-refractivity contribution in [3.05, 3.63) is 0 Å². The lowest BCUT2D eigenvalue weighted by Gasteiger charge is -2.17. The van der Waals surface area contributed by atoms with Crippen LogP contribution in [0.1, 0.15) is 65.7 Å². The minimum Gasteiger partial charge on any atom is -0.363 e. The molecule has 0 aromatic rings. The number of hydrogen-bond donors (Lipinski definition) is 1. The first kappa shape index (κ1) is 14.9. The zero-order chi connectivity index (χ0) is 11.5. The van der Waals surface area contributed by atoms with Crippen molar-refractivity contribution in [2.45, 2.75) is 71.9 Å². The van der Waals surface area contributed by atoms with Gasteiger partial charge >= 0.3 is 0 Å². The van der Waals surface area contributed by atoms with Gasteiger partial charge in [-0.25, -0.2) is 0 Å². The Hall–Kier alpha value is -0.0800. The van der Waals surface area contributed by atoms with Gasteiger partial charge in [-0.05, 0) is 18.8 Å². The maximum Gasteiger partial charge on any atom is 0.105 e. The first-order chi connectivity index (χ1) is 7.24. The minimum absolute atomic E-state index is 0.0605. The number of rotatable bonds is 10. The van der Waals surface area contributed by atoms with Crippen LogP contribution in [-0.4, -0.2) is 12.8 Å². The molecule has 0 spiro atoms. The summed E-state index contributed by atoms with van der Waals surface area (Å²) in [6.07, 6.45) is 8.75. The summed E-state index contributed by atoms with van der Waals surface area (Å²) in [4.78, 5) is 0. The van der Waals surface area contributed by atoms with Gasteiger partial charge < -0.3 is 10.5 Å². The van der Waals surface area contributed by atoms with E-state index in [-0.39, 0.29) is 6.23 Å². The van der Waals surface area contributed by atoms with Crippen molar-refractivity contribution in [1.29, 1.82) is 0 Å². The predicted molar refractivity (Wildman–Crippen MR) is 66.8 cm³/mol. The second-order valence-electron chi connectivity index (χ2n) is 4.40. The zero-order valence-corrected chi connectivity index (χ0v) is 10.8. The Labute approximate surface area is 95.6 Å². The third-order valence-corrected chi connectivity index (χ3v) is 2.99. The van der Waals surface area contributed by atoms with Gasteiger partial charge in [-0.15, -0.1) is 0 Å². The monoisotopic (exact) mass is 215 g/mol. The van der Waals surface area contributed by atoms with E-state index < -0.39 is 0 Å². The fourth-order valence-electron chi connectivity index (χ4n) is 1.64. The largest absolute Gasteiger partial charge is 0.363 e. The summed E-state index contributed by atoms with van der Waals surface area (Å²) in [5, 5.41) is 0. The Bertz CT molecular complexity index is 128. The molecule has 2 N–H and O–H groups in total. The van der Waals surface area contributed by atoms with Gasteiger partial charge in [0.25, 0.3) is 0 Å². The lowest BCUT2D eigenvalue weighted by atomic mass is 9.99. The van der Waals surface area contributed by atoms with E-state index in [1.165, 1.54) is 38.5 Å². The lowest BCUT2D eigenvalue weighted by molar-refractivity contribution is 0.0275. The van der Waals surface area contributed by atoms with Crippen LogP contribution in [0.2, 0.25) is 0 Å². The Morgan fingerprint density at radius 1 is 1.00 bits per heavy atom. The van der Waals surface area contributed by atoms with Gasteiger partial charge in [0.15, 0.2) is 0 Å². The summed E-state index contributed by atoms with van der Waals surface area (Å²) >= 11 is 0. The molecule has 0 saturated carbocycles. The van der Waals surface area contributed by atoms with E-state index in [1.807, 2.05) is 0 Å². The highest BCUT2D eigenvalue weighted by atomic mass is 16.5. The summed E-state index contributed by atoms with van der Waals surface area (Å²) in [5.74, 6) is 0.708. The Morgan fingerprint density at radius 3 is 2.27 bits per heavy atom. The van der Waals surface area contributed by atoms with Crippen molar-refractivity contribution in [3.8, 4) is 0 Å². The molecule has 0 rings (SSSR count). The van der Waals surface area contributed by atoms with E-state index in [2.05, 4.69) is 20.8 Å². The highest BCUT2D eigenvalue weighted by molar-refractivity contribution is 4.57. The summed E-state index contributed by atoms with van der Waals surface area (Å²) in [7, 11) is 0. The molecule has 0 fully saturated rings. The van der Waals surface area contributed by atoms with Gasteiger partial charge in [0.1, 0.15) is 6.23 Å². The van der Waals surface area contributed by atoms with Gasteiger partial charge in [-0.2, -0.15) is 0 Å². The van der Waals surface area contributed by atoms with E-state index in [9.17, 15) is 0 Å². The van der Waals surface area contributed by atoms with E-state index in [0.717, 1.165) is 13.0 Å². The second-order valence-corrected chi connectivity index (χ2v) is 4.40. The van der Waals surface area contributed by atoms with Gasteiger partial charge in [0, 0.05) is 0 Å². The fraction of sp³-hybridized carbons (Fsp3) is 1.00. The molecule has 0 saturated heterocycles. The average molecular weight is 215 g/mol. The highest BCUT2D eigenvalue weighted by Crippen LogP contribution is 2.15. The Kier molecular flexibility index (Phi) is 10.4. The van der Waals surface area contributed by atoms with Crippen LogP contribution in [-0.2, 0) is 4.74 Å². The third-order valence-electron chi connectivity index (χ3n) is 2.99. The first-order valence-electron chi connectivity index (χ1n) is 6.61. The predicted octanol–water partition coefficient (Wildman–Crippen LogP) is 3.69. The molecule has 0 aromatic heterocycles. The van der Waals surface area contributed by atoms with Crippen LogP contribution in [0.4, 0.5) is 0 Å². The molecular formula is C13H29NO. The molecule has 2 atom stereocenters. The molecule has 0 aliphatic carbocycles. The summed E-state index contributed by atoms with van der Waals surface area (Å²) in [6.45, 7) is 7.40. The maximum absolute atomic E-state index is 5.73. The normalized spacial score (nSPS) is 15.2. The molecule has 0 aromatic carbocycles. The fourth-order valence-corrected chi connectivity index (χ4v) is 1.64. The average Bonchev–Trinajstić information content (AvgIpc) is 2.27. The van der Waals surface area contributed by atoms with Crippen LogP contribution in [0.3, 0.4) is 0 Å². The first-order valence-corrected chi connectivity index (χ1v) is 6.61. The standard InChI is InChI=1S/C13H29NO/c1-4-7-8-9-10-12(5-2)11-15-13(14)6-3/h12-13H,4-11,14H2,1-3H3. The molecule has 15 heavy (non-hydrogen) atoms. The number of ether oxygens (including phenoxy) is 1. The second kappa shape index (κ2) is 10.4. The van der Waals surface area contributed by atoms with Gasteiger partial charge in [0.05, 0.1) is 6.61 Å². The van der Waals surface area contributed by atoms with Crippen molar-refractivity contribution < 1.29 is 4.74 Å². The van der Waals surface area contributed by atoms with Crippen LogP contribution in [0.25, 0.3) is 0 Å². The smallest absolute Gasteiger partial charge is 0.105 e. The Morgan fingerprint density at radius 2 is 1.73 bits per heavy atom. The molecular weight excluding hydrogens is 186 g/mol. The Balaban J connectivity index is 3.46. The summed E-state index contributed by atoms with van der Waals surface area (Å²) in [5.41, 5.74) is 5.73. The van der Waals surface area contributed by atoms with Crippen molar-refractivity contribution in [2.24, 2.45) is 11.7 Å².